The van der Waals surface area contributed by atoms with Gasteiger partial charge in [0.2, 0.25) is 0 Å². The molecule has 0 bridgehead atoms. The number of aryl methyl sites for hydroxylation is 3. The first-order valence-electron chi connectivity index (χ1n) is 4.29. The van der Waals surface area contributed by atoms with Gasteiger partial charge in [-0.3, -0.25) is 4.68 Å². The van der Waals surface area contributed by atoms with Crippen LogP contribution < -0.4 is 5.46 Å². The highest BCUT2D eigenvalue weighted by molar-refractivity contribution is 6.34. The van der Waals surface area contributed by atoms with Gasteiger partial charge in [-0.15, -0.1) is 0 Å². The number of fused-ring (bicyclic) bond motifs is 1. The quantitative estimate of drug-likeness (QED) is 0.539. The Morgan fingerprint density at radius 2 is 2.00 bits per heavy atom. The van der Waals surface area contributed by atoms with Crippen molar-refractivity contribution < 1.29 is 0 Å². The van der Waals surface area contributed by atoms with Gasteiger partial charge in [0.1, 0.15) is 7.85 Å². The van der Waals surface area contributed by atoms with Crippen molar-refractivity contribution in [3.63, 3.8) is 0 Å². The fourth-order valence-electron chi connectivity index (χ4n) is 1.60. The van der Waals surface area contributed by atoms with Gasteiger partial charge in [0.05, 0.1) is 11.2 Å². The Morgan fingerprint density at radius 1 is 1.31 bits per heavy atom. The smallest absolute Gasteiger partial charge is 0.114 e. The zero-order valence-corrected chi connectivity index (χ0v) is 8.13. The van der Waals surface area contributed by atoms with Crippen LogP contribution in [-0.2, 0) is 7.05 Å². The van der Waals surface area contributed by atoms with Crippen LogP contribution in [0.5, 0.6) is 0 Å². The van der Waals surface area contributed by atoms with E-state index < -0.39 is 0 Å². The predicted molar refractivity (Wildman–Crippen MR) is 55.6 cm³/mol. The minimum absolute atomic E-state index is 0.829. The maximum Gasteiger partial charge on any atom is 0.114 e. The van der Waals surface area contributed by atoms with E-state index in [2.05, 4.69) is 11.2 Å². The van der Waals surface area contributed by atoms with Crippen molar-refractivity contribution in [2.24, 2.45) is 7.05 Å². The second kappa shape index (κ2) is 2.62. The minimum Gasteiger partial charge on any atom is -0.268 e. The molecule has 0 aliphatic carbocycles. The van der Waals surface area contributed by atoms with E-state index in [-0.39, 0.29) is 0 Å². The third-order valence-electron chi connectivity index (χ3n) is 2.42. The standard InChI is InChI=1S/C10H11BN2/c1-6-4-8-7(2)12-13(3)10(8)5-9(6)11/h4-5H,1-3H3. The molecule has 2 rings (SSSR count). The molecule has 2 radical (unpaired) electrons. The van der Waals surface area contributed by atoms with Crippen molar-refractivity contribution in [2.45, 2.75) is 13.8 Å². The zero-order valence-electron chi connectivity index (χ0n) is 8.13. The van der Waals surface area contributed by atoms with E-state index >= 15 is 0 Å². The molecule has 0 saturated heterocycles. The molecule has 0 spiro atoms. The lowest BCUT2D eigenvalue weighted by Gasteiger charge is -2.01. The van der Waals surface area contributed by atoms with Gasteiger partial charge in [-0.1, -0.05) is 11.0 Å². The van der Waals surface area contributed by atoms with Crippen molar-refractivity contribution in [3.05, 3.63) is 23.4 Å². The summed E-state index contributed by atoms with van der Waals surface area (Å²) < 4.78 is 1.86. The third-order valence-corrected chi connectivity index (χ3v) is 2.42. The lowest BCUT2D eigenvalue weighted by Crippen LogP contribution is -2.06. The van der Waals surface area contributed by atoms with Crippen LogP contribution in [0.2, 0.25) is 0 Å². The molecule has 0 atom stereocenters. The van der Waals surface area contributed by atoms with Crippen LogP contribution in [0.3, 0.4) is 0 Å². The van der Waals surface area contributed by atoms with E-state index in [0.717, 1.165) is 22.2 Å². The summed E-state index contributed by atoms with van der Waals surface area (Å²) in [6.07, 6.45) is 0. The molecule has 1 aromatic heterocycles. The Morgan fingerprint density at radius 3 is 2.69 bits per heavy atom. The topological polar surface area (TPSA) is 17.8 Å². The van der Waals surface area contributed by atoms with Crippen molar-refractivity contribution in [2.75, 3.05) is 0 Å². The number of rotatable bonds is 0. The highest BCUT2D eigenvalue weighted by Gasteiger charge is 2.05. The first-order chi connectivity index (χ1) is 6.09. The van der Waals surface area contributed by atoms with Gasteiger partial charge in [0.15, 0.2) is 0 Å². The van der Waals surface area contributed by atoms with Gasteiger partial charge in [-0.05, 0) is 26.0 Å². The molecule has 13 heavy (non-hydrogen) atoms. The molecule has 0 N–H and O–H groups in total. The molecule has 1 heterocycles. The van der Waals surface area contributed by atoms with Crippen LogP contribution in [-0.4, -0.2) is 17.6 Å². The van der Waals surface area contributed by atoms with Gasteiger partial charge in [-0.2, -0.15) is 5.10 Å². The molecular formula is C10H11BN2. The summed E-state index contributed by atoms with van der Waals surface area (Å²) in [6, 6.07) is 4.07. The van der Waals surface area contributed by atoms with E-state index in [9.17, 15) is 0 Å². The molecule has 0 unspecified atom stereocenters. The SMILES string of the molecule is [B]c1cc2c(cc1C)c(C)nn2C. The average molecular weight is 170 g/mol. The molecule has 64 valence electrons. The number of aromatic nitrogens is 2. The van der Waals surface area contributed by atoms with Crippen LogP contribution in [0.4, 0.5) is 0 Å². The summed E-state index contributed by atoms with van der Waals surface area (Å²) in [5.74, 6) is 0. The molecule has 0 aliphatic rings. The molecule has 2 aromatic rings. The molecule has 0 amide bonds. The van der Waals surface area contributed by atoms with Crippen molar-refractivity contribution in [3.8, 4) is 0 Å². The van der Waals surface area contributed by atoms with E-state index in [1.807, 2.05) is 31.6 Å². The Kier molecular flexibility index (Phi) is 1.69. The van der Waals surface area contributed by atoms with Gasteiger partial charge >= 0.3 is 0 Å². The molecule has 0 fully saturated rings. The second-order valence-electron chi connectivity index (χ2n) is 3.43. The van der Waals surface area contributed by atoms with E-state index in [1.165, 1.54) is 5.39 Å². The van der Waals surface area contributed by atoms with Gasteiger partial charge < -0.3 is 0 Å². The van der Waals surface area contributed by atoms with Crippen molar-refractivity contribution in [1.29, 1.82) is 0 Å². The van der Waals surface area contributed by atoms with Crippen LogP contribution in [0.25, 0.3) is 10.9 Å². The van der Waals surface area contributed by atoms with Crippen molar-refractivity contribution >= 4 is 24.2 Å². The van der Waals surface area contributed by atoms with Crippen LogP contribution in [0.15, 0.2) is 12.1 Å². The first-order valence-corrected chi connectivity index (χ1v) is 4.29. The average Bonchev–Trinajstić information content (AvgIpc) is 2.31. The van der Waals surface area contributed by atoms with Crippen molar-refractivity contribution in [1.82, 2.24) is 9.78 Å². The van der Waals surface area contributed by atoms with E-state index in [4.69, 9.17) is 7.85 Å². The maximum absolute atomic E-state index is 5.82. The lowest BCUT2D eigenvalue weighted by atomic mass is 9.90. The lowest BCUT2D eigenvalue weighted by molar-refractivity contribution is 0.783. The zero-order chi connectivity index (χ0) is 9.59. The number of hydrogen-bond donors (Lipinski definition) is 0. The highest BCUT2D eigenvalue weighted by Crippen LogP contribution is 2.16. The Balaban J connectivity index is 2.91. The fraction of sp³-hybridized carbons (Fsp3) is 0.300. The van der Waals surface area contributed by atoms with Crippen LogP contribution >= 0.6 is 0 Å². The van der Waals surface area contributed by atoms with Crippen LogP contribution in [0, 0.1) is 13.8 Å². The first kappa shape index (κ1) is 8.36. The molecular weight excluding hydrogens is 159 g/mol. The molecule has 1 aromatic carbocycles. The summed E-state index contributed by atoms with van der Waals surface area (Å²) in [6.45, 7) is 4.03. The summed E-state index contributed by atoms with van der Waals surface area (Å²) in [4.78, 5) is 0. The van der Waals surface area contributed by atoms with Crippen LogP contribution in [0.1, 0.15) is 11.3 Å². The normalized spacial score (nSPS) is 11.0. The summed E-state index contributed by atoms with van der Waals surface area (Å²) in [5, 5.41) is 5.52. The summed E-state index contributed by atoms with van der Waals surface area (Å²) >= 11 is 0. The Hall–Kier alpha value is -1.25. The molecule has 0 aliphatic heterocycles. The van der Waals surface area contributed by atoms with Gasteiger partial charge in [-0.25, -0.2) is 0 Å². The highest BCUT2D eigenvalue weighted by atomic mass is 15.3. The summed E-state index contributed by atoms with van der Waals surface area (Å²) in [7, 11) is 7.76. The third kappa shape index (κ3) is 1.15. The van der Waals surface area contributed by atoms with Gasteiger partial charge in [0, 0.05) is 12.4 Å². The fourth-order valence-corrected chi connectivity index (χ4v) is 1.60. The predicted octanol–water partition coefficient (Wildman–Crippen LogP) is 0.984. The molecule has 2 nitrogen and oxygen atoms in total. The Labute approximate surface area is 79.0 Å². The monoisotopic (exact) mass is 170 g/mol. The van der Waals surface area contributed by atoms with E-state index in [0.29, 0.717) is 0 Å². The van der Waals surface area contributed by atoms with Gasteiger partial charge in [0.25, 0.3) is 0 Å². The maximum atomic E-state index is 5.82. The minimum atomic E-state index is 0.829. The molecule has 3 heteroatoms. The Bertz CT molecular complexity index is 429. The second-order valence-corrected chi connectivity index (χ2v) is 3.43. The molecule has 0 saturated carbocycles. The number of benzene rings is 1. The number of hydrogen-bond acceptors (Lipinski definition) is 1. The number of nitrogens with zero attached hydrogens (tertiary/aromatic N) is 2. The van der Waals surface area contributed by atoms with E-state index in [1.54, 1.807) is 0 Å². The summed E-state index contributed by atoms with van der Waals surface area (Å²) in [5.41, 5.74) is 4.10. The largest absolute Gasteiger partial charge is 0.268 e.